The number of carbonyl (C=O) groups is 1. The summed E-state index contributed by atoms with van der Waals surface area (Å²) in [4.78, 5) is 15.7. The number of hydrogen-bond acceptors (Lipinski definition) is 3. The third-order valence-electron chi connectivity index (χ3n) is 7.20. The van der Waals surface area contributed by atoms with Crippen LogP contribution in [0.1, 0.15) is 135 Å². The molecule has 1 aliphatic heterocycles. The van der Waals surface area contributed by atoms with Crippen LogP contribution in [0.3, 0.4) is 0 Å². The molecule has 1 aliphatic rings. The normalized spacial score (nSPS) is 17.5. The van der Waals surface area contributed by atoms with Gasteiger partial charge in [-0.15, -0.1) is 0 Å². The van der Waals surface area contributed by atoms with E-state index in [1.165, 1.54) is 109 Å². The van der Waals surface area contributed by atoms with E-state index in [0.717, 1.165) is 25.1 Å². The minimum Gasteiger partial charge on any atom is -0.477 e. The number of carboxylic acids is 1. The highest BCUT2D eigenvalue weighted by molar-refractivity contribution is 5.81. The molecule has 0 amide bonds. The van der Waals surface area contributed by atoms with E-state index in [1.54, 1.807) is 6.20 Å². The molecule has 0 aliphatic carbocycles. The molecule has 0 bridgehead atoms. The van der Waals surface area contributed by atoms with Gasteiger partial charge in [-0.2, -0.15) is 0 Å². The van der Waals surface area contributed by atoms with Crippen LogP contribution in [0.2, 0.25) is 0 Å². The number of allylic oxidation sites excluding steroid dienone is 2. The number of quaternary nitrogens is 1. The summed E-state index contributed by atoms with van der Waals surface area (Å²) in [5.74, 6) is 0.125. The molecule has 0 saturated carbocycles. The fraction of sp³-hybridized carbons (Fsp3) is 0.800. The average Bonchev–Trinajstić information content (AvgIpc) is 3.21. The first kappa shape index (κ1) is 31.6. The monoisotopic (exact) mass is 490 g/mol. The van der Waals surface area contributed by atoms with Gasteiger partial charge in [0.2, 0.25) is 5.84 Å². The van der Waals surface area contributed by atoms with Crippen molar-refractivity contribution in [1.29, 1.82) is 0 Å². The summed E-state index contributed by atoms with van der Waals surface area (Å²) in [5, 5.41) is 9.27. The molecular formula is C30H56N3O2+. The first-order valence-corrected chi connectivity index (χ1v) is 14.8. The van der Waals surface area contributed by atoms with Crippen LogP contribution in [0.25, 0.3) is 0 Å². The zero-order valence-corrected chi connectivity index (χ0v) is 22.9. The second-order valence-corrected chi connectivity index (χ2v) is 10.4. The van der Waals surface area contributed by atoms with E-state index < -0.39 is 5.97 Å². The van der Waals surface area contributed by atoms with Gasteiger partial charge in [-0.3, -0.25) is 0 Å². The molecule has 1 unspecified atom stereocenters. The Morgan fingerprint density at radius 1 is 0.829 bits per heavy atom. The summed E-state index contributed by atoms with van der Waals surface area (Å²) in [6.07, 6.45) is 34.8. The Hall–Kier alpha value is -1.46. The molecular weight excluding hydrogens is 434 g/mol. The molecule has 5 nitrogen and oxygen atoms in total. The van der Waals surface area contributed by atoms with E-state index in [9.17, 15) is 9.90 Å². The fourth-order valence-corrected chi connectivity index (χ4v) is 5.06. The van der Waals surface area contributed by atoms with E-state index in [-0.39, 0.29) is 11.0 Å². The summed E-state index contributed by atoms with van der Waals surface area (Å²) in [5.41, 5.74) is 5.73. The van der Waals surface area contributed by atoms with Gasteiger partial charge in [-0.05, 0) is 25.7 Å². The van der Waals surface area contributed by atoms with Gasteiger partial charge in [0.05, 0.1) is 6.20 Å². The third-order valence-corrected chi connectivity index (χ3v) is 7.20. The average molecular weight is 491 g/mol. The van der Waals surface area contributed by atoms with E-state index in [2.05, 4.69) is 24.1 Å². The second-order valence-electron chi connectivity index (χ2n) is 10.4. The first-order valence-electron chi connectivity index (χ1n) is 14.8. The first-order chi connectivity index (χ1) is 17.1. The van der Waals surface area contributed by atoms with Gasteiger partial charge in [-0.1, -0.05) is 115 Å². The topological polar surface area (TPSA) is 75.7 Å². The number of carboxylic acid groups (broad SMARTS) is 1. The van der Waals surface area contributed by atoms with Crippen LogP contribution >= 0.6 is 0 Å². The lowest BCUT2D eigenvalue weighted by Gasteiger charge is -2.30. The Morgan fingerprint density at radius 2 is 1.31 bits per heavy atom. The predicted molar refractivity (Wildman–Crippen MR) is 150 cm³/mol. The molecule has 5 heteroatoms. The number of hydrogen-bond donors (Lipinski definition) is 2. The minimum atomic E-state index is -0.809. The summed E-state index contributed by atoms with van der Waals surface area (Å²) in [6.45, 7) is 3.36. The number of nitrogens with zero attached hydrogens (tertiary/aromatic N) is 2. The van der Waals surface area contributed by atoms with E-state index in [1.807, 2.05) is 6.20 Å². The van der Waals surface area contributed by atoms with Gasteiger partial charge < -0.3 is 10.8 Å². The molecule has 0 aromatic heterocycles. The Bertz CT molecular complexity index is 615. The third kappa shape index (κ3) is 16.0. The summed E-state index contributed by atoms with van der Waals surface area (Å²) < 4.78 is 0.286. The van der Waals surface area contributed by atoms with Crippen LogP contribution in [-0.2, 0) is 4.79 Å². The van der Waals surface area contributed by atoms with Crippen molar-refractivity contribution in [3.63, 3.8) is 0 Å². The van der Waals surface area contributed by atoms with Crippen LogP contribution in [-0.4, -0.2) is 41.0 Å². The maximum atomic E-state index is 11.3. The number of aliphatic carboxylic acids is 1. The molecule has 1 atom stereocenters. The van der Waals surface area contributed by atoms with Crippen molar-refractivity contribution in [3.8, 4) is 0 Å². The van der Waals surface area contributed by atoms with Gasteiger partial charge in [0.1, 0.15) is 12.7 Å². The maximum Gasteiger partial charge on any atom is 0.360 e. The Kier molecular flexibility index (Phi) is 19.7. The predicted octanol–water partition coefficient (Wildman–Crippen LogP) is 8.11. The number of rotatable bonds is 25. The molecule has 35 heavy (non-hydrogen) atoms. The van der Waals surface area contributed by atoms with Crippen molar-refractivity contribution in [2.24, 2.45) is 10.7 Å². The van der Waals surface area contributed by atoms with Gasteiger partial charge in [0.15, 0.2) is 6.54 Å². The van der Waals surface area contributed by atoms with Crippen LogP contribution in [0.4, 0.5) is 0 Å². The molecule has 1 rings (SSSR count). The zero-order valence-electron chi connectivity index (χ0n) is 22.9. The lowest BCUT2D eigenvalue weighted by molar-refractivity contribution is -0.778. The molecule has 0 fully saturated rings. The molecule has 0 aromatic carbocycles. The van der Waals surface area contributed by atoms with Gasteiger partial charge in [0, 0.05) is 13.0 Å². The smallest absolute Gasteiger partial charge is 0.360 e. The number of aliphatic imine (C=N–C) groups is 1. The highest BCUT2D eigenvalue weighted by atomic mass is 16.4. The number of unbranched alkanes of at least 4 members (excludes halogenated alkanes) is 17. The largest absolute Gasteiger partial charge is 0.477 e. The van der Waals surface area contributed by atoms with E-state index in [4.69, 9.17) is 5.73 Å². The summed E-state index contributed by atoms with van der Waals surface area (Å²) >= 11 is 0. The van der Waals surface area contributed by atoms with Gasteiger partial charge in [-0.25, -0.2) is 14.3 Å². The molecule has 3 N–H and O–H groups in total. The van der Waals surface area contributed by atoms with E-state index in [0.29, 0.717) is 13.1 Å². The quantitative estimate of drug-likeness (QED) is 0.0771. The number of nitrogens with two attached hydrogens (primary N) is 1. The molecule has 0 radical (unpaired) electrons. The molecule has 0 aromatic rings. The Labute approximate surface area is 216 Å². The van der Waals surface area contributed by atoms with Crippen molar-refractivity contribution in [2.45, 2.75) is 135 Å². The van der Waals surface area contributed by atoms with Crippen molar-refractivity contribution < 1.29 is 14.4 Å². The van der Waals surface area contributed by atoms with Crippen LogP contribution in [0, 0.1) is 0 Å². The Morgan fingerprint density at radius 3 is 1.80 bits per heavy atom. The maximum absolute atomic E-state index is 11.3. The molecule has 0 saturated heterocycles. The second kappa shape index (κ2) is 21.8. The van der Waals surface area contributed by atoms with E-state index >= 15 is 0 Å². The van der Waals surface area contributed by atoms with Crippen LogP contribution in [0.5, 0.6) is 0 Å². The lowest BCUT2D eigenvalue weighted by Crippen LogP contribution is -2.52. The van der Waals surface area contributed by atoms with Gasteiger partial charge >= 0.3 is 5.97 Å². The van der Waals surface area contributed by atoms with Gasteiger partial charge in [0.25, 0.3) is 0 Å². The summed E-state index contributed by atoms with van der Waals surface area (Å²) in [7, 11) is 0. The minimum absolute atomic E-state index is 0.0294. The standard InChI is InChI=1S/C30H55N3O2/c1-2-3-4-5-6-7-8-9-10-11-12-13-14-15-16-17-18-19-20-21-22-23-29-32-25-27-33(29,26-24-31)28-30(34)35/h19-20,25,27H,2-18,21-24,26,28,31H2,1H3/p+1/b20-19+. The van der Waals surface area contributed by atoms with Crippen molar-refractivity contribution >= 4 is 11.8 Å². The summed E-state index contributed by atoms with van der Waals surface area (Å²) in [6, 6.07) is 0. The lowest BCUT2D eigenvalue weighted by atomic mass is 10.0. The molecule has 202 valence electrons. The molecule has 0 spiro atoms. The fourth-order valence-electron chi connectivity index (χ4n) is 5.06. The highest BCUT2D eigenvalue weighted by Crippen LogP contribution is 2.20. The number of amidine groups is 1. The highest BCUT2D eigenvalue weighted by Gasteiger charge is 2.36. The van der Waals surface area contributed by atoms with Crippen molar-refractivity contribution in [2.75, 3.05) is 19.6 Å². The zero-order chi connectivity index (χ0) is 25.5. The van der Waals surface area contributed by atoms with Crippen LogP contribution in [0.15, 0.2) is 29.5 Å². The Balaban J connectivity index is 1.90. The SMILES string of the molecule is CCCCCCCCCCCCCCCCCC/C=C/CCCC1=NC=C[N+]1(CCN)CC(=O)O. The molecule has 1 heterocycles. The van der Waals surface area contributed by atoms with Crippen molar-refractivity contribution in [1.82, 2.24) is 0 Å². The van der Waals surface area contributed by atoms with Crippen LogP contribution < -0.4 is 5.73 Å². The van der Waals surface area contributed by atoms with Crippen molar-refractivity contribution in [3.05, 3.63) is 24.6 Å².